The fraction of sp³-hybridized carbons (Fsp3) is 0.667. The van der Waals surface area contributed by atoms with Gasteiger partial charge >= 0.3 is 0 Å². The highest BCUT2D eigenvalue weighted by molar-refractivity contribution is 5.39. The third-order valence-electron chi connectivity index (χ3n) is 5.53. The summed E-state index contributed by atoms with van der Waals surface area (Å²) in [6, 6.07) is 7.00. The zero-order valence-electron chi connectivity index (χ0n) is 13.0. The fourth-order valence-electron chi connectivity index (χ4n) is 4.20. The lowest BCUT2D eigenvalue weighted by molar-refractivity contribution is 0.0414. The van der Waals surface area contributed by atoms with E-state index in [9.17, 15) is 0 Å². The molecule has 1 aliphatic carbocycles. The largest absolute Gasteiger partial charge is 0.328 e. The normalized spacial score (nSPS) is 28.4. The number of benzene rings is 1. The second kappa shape index (κ2) is 5.50. The molecule has 0 amide bonds. The van der Waals surface area contributed by atoms with Gasteiger partial charge in [0.15, 0.2) is 0 Å². The minimum atomic E-state index is 0.113. The average molecular weight is 272 g/mol. The maximum Gasteiger partial charge on any atom is 0.0586 e. The molecule has 110 valence electrons. The Bertz CT molecular complexity index is 474. The first-order chi connectivity index (χ1) is 9.65. The van der Waals surface area contributed by atoms with Gasteiger partial charge in [-0.2, -0.15) is 0 Å². The van der Waals surface area contributed by atoms with Crippen LogP contribution in [0.25, 0.3) is 0 Å². The molecule has 0 aromatic heterocycles. The van der Waals surface area contributed by atoms with Crippen molar-refractivity contribution in [2.75, 3.05) is 19.6 Å². The van der Waals surface area contributed by atoms with Crippen molar-refractivity contribution in [3.63, 3.8) is 0 Å². The Morgan fingerprint density at radius 1 is 1.30 bits per heavy atom. The van der Waals surface area contributed by atoms with Crippen LogP contribution in [-0.4, -0.2) is 24.5 Å². The van der Waals surface area contributed by atoms with Crippen molar-refractivity contribution in [1.82, 2.24) is 4.90 Å². The van der Waals surface area contributed by atoms with Gasteiger partial charge in [-0.3, -0.25) is 4.90 Å². The predicted octanol–water partition coefficient (Wildman–Crippen LogP) is 3.22. The Morgan fingerprint density at radius 2 is 2.05 bits per heavy atom. The summed E-state index contributed by atoms with van der Waals surface area (Å²) >= 11 is 0. The second-order valence-corrected chi connectivity index (χ2v) is 6.92. The van der Waals surface area contributed by atoms with Gasteiger partial charge in [-0.25, -0.2) is 0 Å². The molecule has 1 aromatic carbocycles. The van der Waals surface area contributed by atoms with Crippen molar-refractivity contribution >= 4 is 0 Å². The van der Waals surface area contributed by atoms with Gasteiger partial charge in [0, 0.05) is 6.54 Å². The van der Waals surface area contributed by atoms with Crippen LogP contribution in [-0.2, 0) is 12.0 Å². The van der Waals surface area contributed by atoms with E-state index >= 15 is 0 Å². The predicted molar refractivity (Wildman–Crippen MR) is 84.8 cm³/mol. The van der Waals surface area contributed by atoms with E-state index in [2.05, 4.69) is 36.9 Å². The van der Waals surface area contributed by atoms with Crippen LogP contribution in [0.4, 0.5) is 0 Å². The molecule has 0 saturated carbocycles. The maximum absolute atomic E-state index is 6.31. The van der Waals surface area contributed by atoms with Crippen molar-refractivity contribution in [2.24, 2.45) is 11.7 Å². The summed E-state index contributed by atoms with van der Waals surface area (Å²) in [5.74, 6) is 0.877. The first-order valence-corrected chi connectivity index (χ1v) is 8.21. The SMILES string of the molecule is Cc1ccc2c(c1)CCCC2(CN)N1CCC(C)CC1. The lowest BCUT2D eigenvalue weighted by Crippen LogP contribution is -2.55. The second-order valence-electron chi connectivity index (χ2n) is 6.92. The number of aryl methyl sites for hydroxylation is 2. The number of likely N-dealkylation sites (tertiary alicyclic amines) is 1. The van der Waals surface area contributed by atoms with Crippen LogP contribution in [0, 0.1) is 12.8 Å². The van der Waals surface area contributed by atoms with Gasteiger partial charge in [-0.05, 0) is 69.2 Å². The lowest BCUT2D eigenvalue weighted by Gasteiger charge is -2.49. The molecule has 1 aromatic rings. The van der Waals surface area contributed by atoms with Crippen LogP contribution < -0.4 is 5.73 Å². The van der Waals surface area contributed by atoms with Crippen molar-refractivity contribution in [3.8, 4) is 0 Å². The van der Waals surface area contributed by atoms with Crippen molar-refractivity contribution in [1.29, 1.82) is 0 Å². The van der Waals surface area contributed by atoms with Crippen LogP contribution in [0.15, 0.2) is 18.2 Å². The van der Waals surface area contributed by atoms with Gasteiger partial charge in [0.05, 0.1) is 5.54 Å². The number of fused-ring (bicyclic) bond motifs is 1. The molecule has 2 nitrogen and oxygen atoms in total. The summed E-state index contributed by atoms with van der Waals surface area (Å²) in [6.07, 6.45) is 6.38. The molecular weight excluding hydrogens is 244 g/mol. The third kappa shape index (κ3) is 2.29. The molecule has 20 heavy (non-hydrogen) atoms. The number of nitrogens with zero attached hydrogens (tertiary/aromatic N) is 1. The zero-order valence-corrected chi connectivity index (χ0v) is 13.0. The van der Waals surface area contributed by atoms with Crippen LogP contribution in [0.2, 0.25) is 0 Å². The van der Waals surface area contributed by atoms with Crippen LogP contribution in [0.1, 0.15) is 49.3 Å². The van der Waals surface area contributed by atoms with E-state index in [1.807, 2.05) is 0 Å². The van der Waals surface area contributed by atoms with Gasteiger partial charge in [0.1, 0.15) is 0 Å². The smallest absolute Gasteiger partial charge is 0.0586 e. The molecule has 2 aliphatic rings. The minimum Gasteiger partial charge on any atom is -0.328 e. The van der Waals surface area contributed by atoms with Crippen LogP contribution in [0.3, 0.4) is 0 Å². The van der Waals surface area contributed by atoms with Crippen molar-refractivity contribution in [2.45, 2.75) is 51.5 Å². The highest BCUT2D eigenvalue weighted by Gasteiger charge is 2.41. The summed E-state index contributed by atoms with van der Waals surface area (Å²) in [6.45, 7) is 7.76. The molecule has 3 rings (SSSR count). The van der Waals surface area contributed by atoms with E-state index in [0.717, 1.165) is 12.5 Å². The third-order valence-corrected chi connectivity index (χ3v) is 5.53. The van der Waals surface area contributed by atoms with Gasteiger partial charge < -0.3 is 5.73 Å². The van der Waals surface area contributed by atoms with Crippen LogP contribution in [0.5, 0.6) is 0 Å². The van der Waals surface area contributed by atoms with E-state index in [-0.39, 0.29) is 5.54 Å². The lowest BCUT2D eigenvalue weighted by atomic mass is 9.74. The molecule has 1 heterocycles. The summed E-state index contributed by atoms with van der Waals surface area (Å²) in [7, 11) is 0. The molecule has 1 atom stereocenters. The molecule has 1 unspecified atom stereocenters. The molecular formula is C18H28N2. The van der Waals surface area contributed by atoms with Crippen molar-refractivity contribution < 1.29 is 0 Å². The van der Waals surface area contributed by atoms with E-state index < -0.39 is 0 Å². The summed E-state index contributed by atoms with van der Waals surface area (Å²) < 4.78 is 0. The molecule has 1 aliphatic heterocycles. The Kier molecular flexibility index (Phi) is 3.87. The van der Waals surface area contributed by atoms with Gasteiger partial charge in [-0.15, -0.1) is 0 Å². The maximum atomic E-state index is 6.31. The Morgan fingerprint density at radius 3 is 2.75 bits per heavy atom. The summed E-state index contributed by atoms with van der Waals surface area (Å²) in [5, 5.41) is 0. The van der Waals surface area contributed by atoms with Gasteiger partial charge in [-0.1, -0.05) is 30.7 Å². The highest BCUT2D eigenvalue weighted by Crippen LogP contribution is 2.41. The summed E-state index contributed by atoms with van der Waals surface area (Å²) in [4.78, 5) is 2.69. The van der Waals surface area contributed by atoms with Crippen molar-refractivity contribution in [3.05, 3.63) is 34.9 Å². The average Bonchev–Trinajstić information content (AvgIpc) is 2.47. The van der Waals surface area contributed by atoms with Gasteiger partial charge in [0.2, 0.25) is 0 Å². The molecule has 0 radical (unpaired) electrons. The zero-order chi connectivity index (χ0) is 14.2. The molecule has 1 saturated heterocycles. The van der Waals surface area contributed by atoms with Gasteiger partial charge in [0.25, 0.3) is 0 Å². The topological polar surface area (TPSA) is 29.3 Å². The summed E-state index contributed by atoms with van der Waals surface area (Å²) in [5.41, 5.74) is 10.9. The first kappa shape index (κ1) is 14.1. The van der Waals surface area contributed by atoms with Crippen LogP contribution >= 0.6 is 0 Å². The number of piperidine rings is 1. The van der Waals surface area contributed by atoms with E-state index in [4.69, 9.17) is 5.73 Å². The Labute approximate surface area is 123 Å². The monoisotopic (exact) mass is 272 g/mol. The molecule has 2 N–H and O–H groups in total. The Balaban J connectivity index is 1.97. The fourth-order valence-corrected chi connectivity index (χ4v) is 4.20. The molecule has 0 spiro atoms. The van der Waals surface area contributed by atoms with E-state index in [1.165, 1.54) is 56.3 Å². The molecule has 2 heteroatoms. The van der Waals surface area contributed by atoms with E-state index in [1.54, 1.807) is 5.56 Å². The first-order valence-electron chi connectivity index (χ1n) is 8.21. The quantitative estimate of drug-likeness (QED) is 0.895. The molecule has 0 bridgehead atoms. The standard InChI is InChI=1S/C18H28N2/c1-14-7-10-20(11-8-14)18(13-19)9-3-4-16-12-15(2)5-6-17(16)18/h5-6,12,14H,3-4,7-11,13,19H2,1-2H3. The minimum absolute atomic E-state index is 0.113. The number of rotatable bonds is 2. The molecule has 1 fully saturated rings. The Hall–Kier alpha value is -0.860. The number of nitrogens with two attached hydrogens (primary N) is 1. The highest BCUT2D eigenvalue weighted by atomic mass is 15.2. The van der Waals surface area contributed by atoms with E-state index in [0.29, 0.717) is 0 Å². The number of hydrogen-bond donors (Lipinski definition) is 1. The number of hydrogen-bond acceptors (Lipinski definition) is 2.